The van der Waals surface area contributed by atoms with Crippen LogP contribution in [-0.4, -0.2) is 0 Å². The molecule has 2 aromatic rings. The first-order chi connectivity index (χ1) is 7.78. The Hall–Kier alpha value is -1.65. The van der Waals surface area contributed by atoms with Crippen LogP contribution in [0.15, 0.2) is 40.8 Å². The second kappa shape index (κ2) is 4.92. The van der Waals surface area contributed by atoms with Crippen molar-refractivity contribution in [3.05, 3.63) is 58.5 Å². The van der Waals surface area contributed by atoms with Crippen LogP contribution in [0.2, 0.25) is 5.02 Å². The number of aryl methyl sites for hydroxylation is 1. The van der Waals surface area contributed by atoms with Crippen LogP contribution < -0.4 is 0 Å². The van der Waals surface area contributed by atoms with Gasteiger partial charge in [0.1, 0.15) is 5.76 Å². The summed E-state index contributed by atoms with van der Waals surface area (Å²) in [5, 5.41) is 0.719. The van der Waals surface area contributed by atoms with Gasteiger partial charge < -0.3 is 4.42 Å². The molecule has 0 unspecified atom stereocenters. The van der Waals surface area contributed by atoms with Gasteiger partial charge in [-0.25, -0.2) is 0 Å². The summed E-state index contributed by atoms with van der Waals surface area (Å²) < 4.78 is 5.48. The summed E-state index contributed by atoms with van der Waals surface area (Å²) in [7, 11) is 0. The maximum Gasteiger partial charge on any atom is 0.177 e. The van der Waals surface area contributed by atoms with E-state index in [0.29, 0.717) is 5.76 Å². The van der Waals surface area contributed by atoms with Gasteiger partial charge in [-0.2, -0.15) is 0 Å². The molecule has 0 saturated heterocycles. The minimum Gasteiger partial charge on any atom is -0.453 e. The van der Waals surface area contributed by atoms with Crippen LogP contribution in [0.3, 0.4) is 0 Å². The van der Waals surface area contributed by atoms with E-state index in [-0.39, 0.29) is 0 Å². The van der Waals surface area contributed by atoms with Crippen molar-refractivity contribution in [2.75, 3.05) is 0 Å². The molecule has 2 rings (SSSR count). The highest BCUT2D eigenvalue weighted by atomic mass is 35.5. The number of hydrogen-bond donors (Lipinski definition) is 0. The van der Waals surface area contributed by atoms with Gasteiger partial charge in [0, 0.05) is 17.0 Å². The Morgan fingerprint density at radius 3 is 2.44 bits per heavy atom. The summed E-state index contributed by atoms with van der Waals surface area (Å²) in [5.74, 6) is 7.66. The zero-order valence-corrected chi connectivity index (χ0v) is 9.71. The lowest BCUT2D eigenvalue weighted by Gasteiger charge is -1.89. The molecule has 80 valence electrons. The predicted octanol–water partition coefficient (Wildman–Crippen LogP) is 3.90. The summed E-state index contributed by atoms with van der Waals surface area (Å²) >= 11 is 5.78. The predicted molar refractivity (Wildman–Crippen MR) is 65.5 cm³/mol. The van der Waals surface area contributed by atoms with Crippen LogP contribution >= 0.6 is 11.6 Å². The number of benzene rings is 1. The molecule has 0 N–H and O–H groups in total. The second-order valence-corrected chi connectivity index (χ2v) is 3.81. The lowest BCUT2D eigenvalue weighted by molar-refractivity contribution is 0.505. The molecule has 0 fully saturated rings. The first-order valence-corrected chi connectivity index (χ1v) is 5.52. The van der Waals surface area contributed by atoms with Crippen molar-refractivity contribution in [2.45, 2.75) is 13.3 Å². The second-order valence-electron chi connectivity index (χ2n) is 3.38. The van der Waals surface area contributed by atoms with E-state index in [0.717, 1.165) is 22.8 Å². The fourth-order valence-corrected chi connectivity index (χ4v) is 1.43. The molecule has 16 heavy (non-hydrogen) atoms. The molecule has 1 aromatic carbocycles. The van der Waals surface area contributed by atoms with Crippen LogP contribution in [0.25, 0.3) is 0 Å². The monoisotopic (exact) mass is 230 g/mol. The average Bonchev–Trinajstić information content (AvgIpc) is 2.76. The van der Waals surface area contributed by atoms with Gasteiger partial charge in [-0.3, -0.25) is 0 Å². The normalized spacial score (nSPS) is 9.62. The quantitative estimate of drug-likeness (QED) is 0.678. The van der Waals surface area contributed by atoms with E-state index in [1.54, 1.807) is 0 Å². The van der Waals surface area contributed by atoms with Crippen molar-refractivity contribution in [1.82, 2.24) is 0 Å². The minimum absolute atomic E-state index is 0.701. The molecule has 0 aliphatic heterocycles. The van der Waals surface area contributed by atoms with E-state index in [2.05, 4.69) is 18.8 Å². The molecule has 0 aliphatic carbocycles. The Labute approximate surface area is 100 Å². The fourth-order valence-electron chi connectivity index (χ4n) is 1.30. The van der Waals surface area contributed by atoms with Gasteiger partial charge in [-0.15, -0.1) is 0 Å². The summed E-state index contributed by atoms with van der Waals surface area (Å²) in [6.07, 6.45) is 0.891. The molecule has 0 amide bonds. The van der Waals surface area contributed by atoms with Gasteiger partial charge in [0.25, 0.3) is 0 Å². The molecule has 0 spiro atoms. The van der Waals surface area contributed by atoms with Gasteiger partial charge >= 0.3 is 0 Å². The third-order valence-corrected chi connectivity index (χ3v) is 2.44. The van der Waals surface area contributed by atoms with Crippen molar-refractivity contribution >= 4 is 11.6 Å². The van der Waals surface area contributed by atoms with E-state index in [9.17, 15) is 0 Å². The molecular weight excluding hydrogens is 220 g/mol. The molecule has 0 atom stereocenters. The first kappa shape index (κ1) is 10.9. The van der Waals surface area contributed by atoms with E-state index < -0.39 is 0 Å². The lowest BCUT2D eigenvalue weighted by Crippen LogP contribution is -1.73. The number of halogens is 1. The first-order valence-electron chi connectivity index (χ1n) is 5.14. The van der Waals surface area contributed by atoms with E-state index >= 15 is 0 Å². The van der Waals surface area contributed by atoms with Crippen molar-refractivity contribution < 1.29 is 4.42 Å². The van der Waals surface area contributed by atoms with Crippen molar-refractivity contribution in [3.63, 3.8) is 0 Å². The third-order valence-electron chi connectivity index (χ3n) is 2.18. The Bertz CT molecular complexity index is 526. The van der Waals surface area contributed by atoms with Gasteiger partial charge in [0.05, 0.1) is 0 Å². The highest BCUT2D eigenvalue weighted by Gasteiger charge is 1.95. The average molecular weight is 231 g/mol. The summed E-state index contributed by atoms with van der Waals surface area (Å²) in [6, 6.07) is 11.3. The maximum absolute atomic E-state index is 5.78. The number of hydrogen-bond acceptors (Lipinski definition) is 1. The van der Waals surface area contributed by atoms with Crippen molar-refractivity contribution in [2.24, 2.45) is 0 Å². The molecule has 1 nitrogen and oxygen atoms in total. The smallest absolute Gasteiger partial charge is 0.177 e. The van der Waals surface area contributed by atoms with Crippen LogP contribution in [0.4, 0.5) is 0 Å². The van der Waals surface area contributed by atoms with Crippen LogP contribution in [-0.2, 0) is 6.42 Å². The molecule has 0 aliphatic rings. The number of rotatable bonds is 1. The Balaban J connectivity index is 2.18. The molecule has 1 heterocycles. The molecule has 0 radical (unpaired) electrons. The molecule has 0 saturated carbocycles. The van der Waals surface area contributed by atoms with Crippen LogP contribution in [0.1, 0.15) is 24.0 Å². The molecule has 1 aromatic heterocycles. The zero-order valence-electron chi connectivity index (χ0n) is 8.96. The highest BCUT2D eigenvalue weighted by molar-refractivity contribution is 6.30. The van der Waals surface area contributed by atoms with Gasteiger partial charge in [-0.05, 0) is 42.3 Å². The minimum atomic E-state index is 0.701. The Morgan fingerprint density at radius 1 is 1.06 bits per heavy atom. The highest BCUT2D eigenvalue weighted by Crippen LogP contribution is 2.10. The SMILES string of the molecule is CCc1ccc(C#Cc2ccc(Cl)cc2)o1. The van der Waals surface area contributed by atoms with Gasteiger partial charge in [-0.1, -0.05) is 24.4 Å². The summed E-state index contributed by atoms with van der Waals surface area (Å²) in [5.41, 5.74) is 0.929. The van der Waals surface area contributed by atoms with Gasteiger partial charge in [0.15, 0.2) is 5.76 Å². The van der Waals surface area contributed by atoms with Crippen LogP contribution in [0, 0.1) is 11.8 Å². The Kier molecular flexibility index (Phi) is 3.34. The standard InChI is InChI=1S/C14H11ClO/c1-2-13-9-10-14(16-13)8-5-11-3-6-12(15)7-4-11/h3-4,6-7,9-10H,2H2,1H3. The lowest BCUT2D eigenvalue weighted by atomic mass is 10.2. The number of furan rings is 1. The van der Waals surface area contributed by atoms with E-state index in [1.165, 1.54) is 0 Å². The summed E-state index contributed by atoms with van der Waals surface area (Å²) in [6.45, 7) is 2.05. The largest absolute Gasteiger partial charge is 0.453 e. The van der Waals surface area contributed by atoms with Crippen molar-refractivity contribution in [1.29, 1.82) is 0 Å². The van der Waals surface area contributed by atoms with E-state index in [1.807, 2.05) is 36.4 Å². The topological polar surface area (TPSA) is 13.1 Å². The molecular formula is C14H11ClO. The van der Waals surface area contributed by atoms with Gasteiger partial charge in [0.2, 0.25) is 0 Å². The fraction of sp³-hybridized carbons (Fsp3) is 0.143. The maximum atomic E-state index is 5.78. The van der Waals surface area contributed by atoms with Crippen molar-refractivity contribution in [3.8, 4) is 11.8 Å². The summed E-state index contributed by atoms with van der Waals surface area (Å²) in [4.78, 5) is 0. The van der Waals surface area contributed by atoms with Crippen LogP contribution in [0.5, 0.6) is 0 Å². The molecule has 0 bridgehead atoms. The zero-order chi connectivity index (χ0) is 11.4. The third kappa shape index (κ3) is 2.68. The molecule has 2 heteroatoms. The van der Waals surface area contributed by atoms with E-state index in [4.69, 9.17) is 16.0 Å². The Morgan fingerprint density at radius 2 is 1.81 bits per heavy atom.